The Morgan fingerprint density at radius 3 is 1.25 bits per heavy atom. The Bertz CT molecular complexity index is 48.0. The molecule has 0 aliphatic rings. The zero-order valence-electron chi connectivity index (χ0n) is 4.36. The lowest BCUT2D eigenvalue weighted by Crippen LogP contribution is -2.31. The molecule has 2 unspecified atom stereocenters. The van der Waals surface area contributed by atoms with Crippen molar-refractivity contribution in [2.75, 3.05) is 13.2 Å². The summed E-state index contributed by atoms with van der Waals surface area (Å²) in [6.45, 7) is -1.05. The van der Waals surface area contributed by atoms with Crippen molar-refractivity contribution in [1.82, 2.24) is 0 Å². The number of rotatable bonds is 3. The molecule has 0 saturated carbocycles. The molecule has 0 fully saturated rings. The summed E-state index contributed by atoms with van der Waals surface area (Å²) in [7, 11) is 0. The normalized spacial score (nSPS) is 18.0. The van der Waals surface area contributed by atoms with Crippen molar-refractivity contribution in [1.29, 1.82) is 0 Å². The zero-order chi connectivity index (χ0) is 6.57. The van der Waals surface area contributed by atoms with Crippen LogP contribution in [-0.4, -0.2) is 45.8 Å². The van der Waals surface area contributed by atoms with Crippen molar-refractivity contribution in [3.8, 4) is 0 Å². The van der Waals surface area contributed by atoms with Gasteiger partial charge in [0.05, 0.1) is 13.2 Å². The zero-order valence-corrected chi connectivity index (χ0v) is 4.36. The van der Waals surface area contributed by atoms with Crippen LogP contribution in [0.2, 0.25) is 0 Å². The molecule has 0 heterocycles. The molecule has 0 radical (unpaired) electrons. The van der Waals surface area contributed by atoms with Crippen LogP contribution in [0.3, 0.4) is 0 Å². The fourth-order valence-electron chi connectivity index (χ4n) is 0.243. The van der Waals surface area contributed by atoms with Gasteiger partial charge < -0.3 is 20.4 Å². The smallest absolute Gasteiger partial charge is 0.105 e. The highest BCUT2D eigenvalue weighted by Gasteiger charge is 2.12. The molecule has 2 atom stereocenters. The van der Waals surface area contributed by atoms with Gasteiger partial charge >= 0.3 is 0 Å². The summed E-state index contributed by atoms with van der Waals surface area (Å²) in [6, 6.07) is 0. The Morgan fingerprint density at radius 2 is 1.12 bits per heavy atom. The van der Waals surface area contributed by atoms with Crippen LogP contribution in [0.5, 0.6) is 0 Å². The highest BCUT2D eigenvalue weighted by molar-refractivity contribution is 4.62. The Balaban J connectivity index is 3.29. The molecule has 50 valence electrons. The fraction of sp³-hybridized carbons (Fsp3) is 1.00. The average Bonchev–Trinajstić information content (AvgIpc) is 1.84. The lowest BCUT2D eigenvalue weighted by molar-refractivity contribution is -0.0388. The van der Waals surface area contributed by atoms with Gasteiger partial charge in [-0.05, 0) is 0 Å². The number of aliphatic hydroxyl groups is 4. The van der Waals surface area contributed by atoms with Gasteiger partial charge in [-0.3, -0.25) is 0 Å². The maximum Gasteiger partial charge on any atom is 0.105 e. The van der Waals surface area contributed by atoms with Gasteiger partial charge in [-0.2, -0.15) is 0 Å². The SMILES string of the molecule is O[13CH2][13CH](O)[13CH](O)[13CH2]O. The minimum absolute atomic E-state index is 0.526. The average molecular weight is 126 g/mol. The van der Waals surface area contributed by atoms with Crippen LogP contribution in [0.4, 0.5) is 0 Å². The molecule has 4 nitrogen and oxygen atoms in total. The third-order valence-corrected chi connectivity index (χ3v) is 0.818. The van der Waals surface area contributed by atoms with Crippen LogP contribution in [0.15, 0.2) is 0 Å². The van der Waals surface area contributed by atoms with Crippen LogP contribution in [0.25, 0.3) is 0 Å². The maximum atomic E-state index is 8.47. The summed E-state index contributed by atoms with van der Waals surface area (Å²) < 4.78 is 0. The molecule has 0 aromatic rings. The quantitative estimate of drug-likeness (QED) is 0.320. The van der Waals surface area contributed by atoms with E-state index in [1.807, 2.05) is 0 Å². The molecule has 0 aliphatic carbocycles. The summed E-state index contributed by atoms with van der Waals surface area (Å²) in [6.07, 6.45) is -2.44. The summed E-state index contributed by atoms with van der Waals surface area (Å²) in [5.74, 6) is 0. The van der Waals surface area contributed by atoms with E-state index >= 15 is 0 Å². The van der Waals surface area contributed by atoms with Gasteiger partial charge in [0.2, 0.25) is 0 Å². The molecule has 4 heteroatoms. The molecule has 0 spiro atoms. The van der Waals surface area contributed by atoms with Gasteiger partial charge in [-0.25, -0.2) is 0 Å². The van der Waals surface area contributed by atoms with Crippen LogP contribution in [-0.2, 0) is 0 Å². The van der Waals surface area contributed by atoms with Crippen LogP contribution < -0.4 is 0 Å². The first-order chi connectivity index (χ1) is 3.72. The maximum absolute atomic E-state index is 8.47. The first-order valence-electron chi connectivity index (χ1n) is 2.30. The van der Waals surface area contributed by atoms with Gasteiger partial charge in [0.15, 0.2) is 0 Å². The minimum atomic E-state index is -1.22. The molecule has 0 aliphatic heterocycles. The predicted molar refractivity (Wildman–Crippen MR) is 26.2 cm³/mol. The van der Waals surface area contributed by atoms with Crippen LogP contribution >= 0.6 is 0 Å². The van der Waals surface area contributed by atoms with E-state index in [9.17, 15) is 0 Å². The molecule has 0 aromatic heterocycles. The van der Waals surface area contributed by atoms with Crippen molar-refractivity contribution in [2.24, 2.45) is 0 Å². The Morgan fingerprint density at radius 1 is 0.875 bits per heavy atom. The second-order valence-electron chi connectivity index (χ2n) is 1.50. The van der Waals surface area contributed by atoms with Gasteiger partial charge in [0.1, 0.15) is 12.2 Å². The predicted octanol–water partition coefficient (Wildman–Crippen LogP) is -2.31. The largest absolute Gasteiger partial charge is 0.394 e. The van der Waals surface area contributed by atoms with Crippen molar-refractivity contribution in [2.45, 2.75) is 12.2 Å². The van der Waals surface area contributed by atoms with E-state index in [4.69, 9.17) is 20.4 Å². The molecule has 0 rings (SSSR count). The molecule has 0 aromatic carbocycles. The first-order valence-corrected chi connectivity index (χ1v) is 2.30. The molecule has 0 amide bonds. The number of hydrogen-bond acceptors (Lipinski definition) is 4. The molecule has 0 saturated heterocycles. The van der Waals surface area contributed by atoms with Gasteiger partial charge in [0.25, 0.3) is 0 Å². The van der Waals surface area contributed by atoms with Crippen molar-refractivity contribution < 1.29 is 20.4 Å². The number of hydrogen-bond donors (Lipinski definition) is 4. The van der Waals surface area contributed by atoms with Gasteiger partial charge in [-0.1, -0.05) is 0 Å². The molecular weight excluding hydrogens is 116 g/mol. The lowest BCUT2D eigenvalue weighted by Gasteiger charge is -2.10. The lowest BCUT2D eigenvalue weighted by atomic mass is 11.2. The van der Waals surface area contributed by atoms with Gasteiger partial charge in [-0.15, -0.1) is 0 Å². The molecule has 8 heavy (non-hydrogen) atoms. The van der Waals surface area contributed by atoms with Crippen LogP contribution in [0, 0.1) is 0 Å². The molecule has 0 bridgehead atoms. The van der Waals surface area contributed by atoms with Gasteiger partial charge in [0, 0.05) is 0 Å². The summed E-state index contributed by atoms with van der Waals surface area (Å²) in [4.78, 5) is 0. The second-order valence-corrected chi connectivity index (χ2v) is 1.50. The Labute approximate surface area is 47.0 Å². The summed E-state index contributed by atoms with van der Waals surface area (Å²) in [5.41, 5.74) is 0. The fourth-order valence-corrected chi connectivity index (χ4v) is 0.243. The van der Waals surface area contributed by atoms with E-state index in [0.717, 1.165) is 0 Å². The second kappa shape index (κ2) is 3.80. The Kier molecular flexibility index (Phi) is 3.72. The van der Waals surface area contributed by atoms with Crippen molar-refractivity contribution >= 4 is 0 Å². The first kappa shape index (κ1) is 7.84. The third-order valence-electron chi connectivity index (χ3n) is 0.818. The third kappa shape index (κ3) is 2.23. The molecule has 4 N–H and O–H groups in total. The van der Waals surface area contributed by atoms with E-state index in [2.05, 4.69) is 0 Å². The Hall–Kier alpha value is -0.160. The van der Waals surface area contributed by atoms with E-state index in [1.54, 1.807) is 0 Å². The van der Waals surface area contributed by atoms with E-state index in [0.29, 0.717) is 0 Å². The highest BCUT2D eigenvalue weighted by Crippen LogP contribution is 1.88. The van der Waals surface area contributed by atoms with Crippen LogP contribution in [0.1, 0.15) is 0 Å². The summed E-state index contributed by atoms with van der Waals surface area (Å²) in [5, 5.41) is 33.2. The minimum Gasteiger partial charge on any atom is -0.394 e. The standard InChI is InChI=1S/C4H10O4/c5-1-3(7)4(8)2-6/h3-8H,1-2H2/i1+1,2+1,3+1,4+1. The van der Waals surface area contributed by atoms with E-state index < -0.39 is 25.4 Å². The topological polar surface area (TPSA) is 80.9 Å². The van der Waals surface area contributed by atoms with E-state index in [-0.39, 0.29) is 0 Å². The highest BCUT2D eigenvalue weighted by atomic mass is 16.5. The molecular formula is C4H10O4. The monoisotopic (exact) mass is 126 g/mol. The van der Waals surface area contributed by atoms with Crippen molar-refractivity contribution in [3.63, 3.8) is 0 Å². The summed E-state index contributed by atoms with van der Waals surface area (Å²) >= 11 is 0. The number of aliphatic hydroxyl groups excluding tert-OH is 4. The van der Waals surface area contributed by atoms with Crippen molar-refractivity contribution in [3.05, 3.63) is 0 Å². The van der Waals surface area contributed by atoms with E-state index in [1.165, 1.54) is 0 Å².